The van der Waals surface area contributed by atoms with Crippen molar-refractivity contribution in [1.82, 2.24) is 5.32 Å². The zero-order valence-electron chi connectivity index (χ0n) is 8.29. The number of carbonyl (C=O) groups is 1. The maximum Gasteiger partial charge on any atom is 0.206 e. The van der Waals surface area contributed by atoms with Crippen molar-refractivity contribution in [2.24, 2.45) is 0 Å². The minimum Gasteiger partial charge on any atom is -0.494 e. The molecule has 0 aliphatic heterocycles. The molecule has 0 saturated carbocycles. The number of amides is 1. The zero-order valence-corrected chi connectivity index (χ0v) is 8.29. The molecule has 1 rings (SSSR count). The summed E-state index contributed by atoms with van der Waals surface area (Å²) < 4.78 is 17.4. The summed E-state index contributed by atoms with van der Waals surface area (Å²) in [6.07, 6.45) is 0.625. The van der Waals surface area contributed by atoms with Crippen LogP contribution in [0.4, 0.5) is 4.39 Å². The Labute approximate surface area is 84.4 Å². The van der Waals surface area contributed by atoms with Crippen LogP contribution in [0.2, 0.25) is 0 Å². The fourth-order valence-corrected chi connectivity index (χ4v) is 0.697. The molecule has 0 aliphatic rings. The van der Waals surface area contributed by atoms with Gasteiger partial charge in [0.25, 0.3) is 0 Å². The number of carbonyl (C=O) groups excluding carboxylic acids is 1. The second-order valence-electron chi connectivity index (χ2n) is 2.29. The van der Waals surface area contributed by atoms with Crippen LogP contribution in [0.3, 0.4) is 0 Å². The van der Waals surface area contributed by atoms with Crippen LogP contribution in [0, 0.1) is 5.82 Å². The van der Waals surface area contributed by atoms with Gasteiger partial charge in [0, 0.05) is 8.47 Å². The first kappa shape index (κ1) is 12.4. The van der Waals surface area contributed by atoms with E-state index in [-0.39, 0.29) is 7.24 Å². The maximum absolute atomic E-state index is 12.3. The Bertz CT molecular complexity index is 254. The normalized spacial score (nSPS) is 8.21. The first-order valence-electron chi connectivity index (χ1n) is 4.23. The van der Waals surface area contributed by atoms with E-state index >= 15 is 0 Å². The monoisotopic (exact) mass is 201 g/mol. The van der Waals surface area contributed by atoms with Gasteiger partial charge in [0.05, 0.1) is 6.61 Å². The Balaban J connectivity index is 0. The molecule has 1 aromatic rings. The summed E-state index contributed by atoms with van der Waals surface area (Å²) in [6, 6.07) is 5.98. The lowest BCUT2D eigenvalue weighted by Crippen LogP contribution is -1.98. The Morgan fingerprint density at radius 2 is 2.00 bits per heavy atom. The number of hydrogen-bond acceptors (Lipinski definition) is 2. The molecule has 0 aliphatic carbocycles. The Hall–Kier alpha value is -1.58. The van der Waals surface area contributed by atoms with Crippen molar-refractivity contribution in [2.45, 2.75) is 6.92 Å². The zero-order chi connectivity index (χ0) is 10.8. The lowest BCUT2D eigenvalue weighted by atomic mass is 10.3. The van der Waals surface area contributed by atoms with Gasteiger partial charge in [-0.25, -0.2) is 4.39 Å². The molecule has 0 saturated heterocycles. The summed E-state index contributed by atoms with van der Waals surface area (Å²) in [5, 5.41) is 2.25. The van der Waals surface area contributed by atoms with Crippen LogP contribution in [0.1, 0.15) is 8.35 Å². The molecule has 0 fully saturated rings. The van der Waals surface area contributed by atoms with Gasteiger partial charge in [-0.2, -0.15) is 0 Å². The van der Waals surface area contributed by atoms with Gasteiger partial charge in [0.15, 0.2) is 0 Å². The molecule has 14 heavy (non-hydrogen) atoms. The lowest BCUT2D eigenvalue weighted by molar-refractivity contribution is -0.109. The summed E-state index contributed by atoms with van der Waals surface area (Å²) in [4.78, 5) is 9.06. The molecule has 0 atom stereocenters. The molecule has 0 bridgehead atoms. The van der Waals surface area contributed by atoms with Gasteiger partial charge in [-0.1, -0.05) is 0 Å². The molecule has 0 aromatic heterocycles. The quantitative estimate of drug-likeness (QED) is 0.758. The van der Waals surface area contributed by atoms with Crippen molar-refractivity contribution in [3.05, 3.63) is 30.1 Å². The number of ether oxygens (including phenoxy) is 1. The van der Waals surface area contributed by atoms with Crippen molar-refractivity contribution < 1.29 is 15.3 Å². The van der Waals surface area contributed by atoms with E-state index in [0.29, 0.717) is 18.8 Å². The van der Waals surface area contributed by atoms with Crippen molar-refractivity contribution >= 4 is 6.41 Å². The molecule has 80 valence electrons. The maximum atomic E-state index is 12.3. The highest BCUT2D eigenvalue weighted by atomic mass is 19.1. The van der Waals surface area contributed by atoms with Gasteiger partial charge in [-0.05, 0) is 31.2 Å². The van der Waals surface area contributed by atoms with E-state index in [2.05, 4.69) is 5.32 Å². The highest BCUT2D eigenvalue weighted by molar-refractivity contribution is 5.44. The van der Waals surface area contributed by atoms with E-state index in [1.54, 1.807) is 19.2 Å². The van der Waals surface area contributed by atoms with E-state index in [1.165, 1.54) is 12.1 Å². The van der Waals surface area contributed by atoms with Crippen LogP contribution < -0.4 is 10.1 Å². The Morgan fingerprint density at radius 3 is 2.36 bits per heavy atom. The number of halogens is 1. The van der Waals surface area contributed by atoms with E-state index in [0.717, 1.165) is 0 Å². The van der Waals surface area contributed by atoms with Crippen LogP contribution in [0.5, 0.6) is 5.75 Å². The molecule has 0 unspecified atom stereocenters. The van der Waals surface area contributed by atoms with Gasteiger partial charge >= 0.3 is 0 Å². The lowest BCUT2D eigenvalue weighted by Gasteiger charge is -2.00. The standard InChI is InChI=1S/C8H9FO.C2H5NO.H2/c1-2-10-8-5-3-7(9)4-6-8;1-3-2-4;/h3-6H,2H2,1H3;2H,1H3,(H,3,4);1H. The molecule has 0 spiro atoms. The Morgan fingerprint density at radius 1 is 1.50 bits per heavy atom. The number of nitrogens with one attached hydrogen (secondary N) is 1. The number of benzene rings is 1. The van der Waals surface area contributed by atoms with Crippen molar-refractivity contribution in [3.8, 4) is 5.75 Å². The van der Waals surface area contributed by atoms with E-state index in [1.807, 2.05) is 6.92 Å². The molecular weight excluding hydrogens is 185 g/mol. The Kier molecular flexibility index (Phi) is 7.13. The topological polar surface area (TPSA) is 38.3 Å². The summed E-state index contributed by atoms with van der Waals surface area (Å²) in [5.74, 6) is 0.479. The molecule has 1 aromatic carbocycles. The summed E-state index contributed by atoms with van der Waals surface area (Å²) in [7, 11) is 1.56. The highest BCUT2D eigenvalue weighted by Gasteiger charge is 1.90. The molecule has 1 amide bonds. The minimum absolute atomic E-state index is 0. The molecule has 3 nitrogen and oxygen atoms in total. The minimum atomic E-state index is -0.233. The second-order valence-corrected chi connectivity index (χ2v) is 2.29. The average Bonchev–Trinajstić information content (AvgIpc) is 2.22. The van der Waals surface area contributed by atoms with Gasteiger partial charge < -0.3 is 10.1 Å². The van der Waals surface area contributed by atoms with Gasteiger partial charge in [-0.3, -0.25) is 4.79 Å². The number of rotatable bonds is 3. The smallest absolute Gasteiger partial charge is 0.206 e. The van der Waals surface area contributed by atoms with E-state index in [4.69, 9.17) is 9.53 Å². The fraction of sp³-hybridized carbons (Fsp3) is 0.300. The summed E-state index contributed by atoms with van der Waals surface area (Å²) in [5.41, 5.74) is 0. The summed E-state index contributed by atoms with van der Waals surface area (Å²) in [6.45, 7) is 2.51. The van der Waals surface area contributed by atoms with Crippen LogP contribution in [-0.4, -0.2) is 20.1 Å². The van der Waals surface area contributed by atoms with Crippen molar-refractivity contribution in [3.63, 3.8) is 0 Å². The van der Waals surface area contributed by atoms with E-state index in [9.17, 15) is 4.39 Å². The highest BCUT2D eigenvalue weighted by Crippen LogP contribution is 2.10. The van der Waals surface area contributed by atoms with Crippen LogP contribution in [0.25, 0.3) is 0 Å². The van der Waals surface area contributed by atoms with Gasteiger partial charge in [0.1, 0.15) is 11.6 Å². The van der Waals surface area contributed by atoms with Crippen LogP contribution >= 0.6 is 0 Å². The van der Waals surface area contributed by atoms with Gasteiger partial charge in [0.2, 0.25) is 6.41 Å². The average molecular weight is 201 g/mol. The third-order valence-corrected chi connectivity index (χ3v) is 1.24. The first-order valence-corrected chi connectivity index (χ1v) is 4.23. The third-order valence-electron chi connectivity index (χ3n) is 1.24. The molecule has 0 radical (unpaired) electrons. The molecule has 4 heteroatoms. The second kappa shape index (κ2) is 8.04. The van der Waals surface area contributed by atoms with Crippen LogP contribution in [0.15, 0.2) is 24.3 Å². The largest absolute Gasteiger partial charge is 0.494 e. The molecule has 1 N–H and O–H groups in total. The SMILES string of the molecule is CCOc1ccc(F)cc1.CNC=O.[HH]. The summed E-state index contributed by atoms with van der Waals surface area (Å²) >= 11 is 0. The van der Waals surface area contributed by atoms with Crippen molar-refractivity contribution in [1.29, 1.82) is 0 Å². The van der Waals surface area contributed by atoms with Crippen LogP contribution in [-0.2, 0) is 4.79 Å². The third kappa shape index (κ3) is 5.99. The predicted octanol–water partition coefficient (Wildman–Crippen LogP) is 1.83. The fourth-order valence-electron chi connectivity index (χ4n) is 0.697. The molecule has 0 heterocycles. The number of hydrogen-bond donors (Lipinski definition) is 1. The predicted molar refractivity (Wildman–Crippen MR) is 54.8 cm³/mol. The first-order chi connectivity index (χ1) is 6.74. The van der Waals surface area contributed by atoms with E-state index < -0.39 is 0 Å². The van der Waals surface area contributed by atoms with Crippen molar-refractivity contribution in [2.75, 3.05) is 13.7 Å². The molecular formula is C10H16FNO2. The van der Waals surface area contributed by atoms with Gasteiger partial charge in [-0.15, -0.1) is 0 Å².